The molecular formula is C35H42N6O4. The number of pyridine rings is 1. The summed E-state index contributed by atoms with van der Waals surface area (Å²) in [6, 6.07) is 9.57. The minimum Gasteiger partial charge on any atom is -0.494 e. The van der Waals surface area contributed by atoms with Crippen molar-refractivity contribution in [2.24, 2.45) is 30.5 Å². The summed E-state index contributed by atoms with van der Waals surface area (Å²) in [5.41, 5.74) is 11.1. The molecule has 0 saturated heterocycles. The molecule has 7 rings (SSSR count). The molecule has 3 aromatic heterocycles. The summed E-state index contributed by atoms with van der Waals surface area (Å²) < 4.78 is 15.6. The van der Waals surface area contributed by atoms with Crippen LogP contribution in [0.2, 0.25) is 0 Å². The van der Waals surface area contributed by atoms with E-state index in [-0.39, 0.29) is 41.7 Å². The minimum absolute atomic E-state index is 0.0125. The van der Waals surface area contributed by atoms with Crippen molar-refractivity contribution in [3.8, 4) is 17.3 Å². The Labute approximate surface area is 263 Å². The molecule has 2 aliphatic carbocycles. The normalized spacial score (nSPS) is 27.6. The maximum atomic E-state index is 13.7. The number of allylic oxidation sites excluding steroid dienone is 2. The highest BCUT2D eigenvalue weighted by Crippen LogP contribution is 2.42. The minimum atomic E-state index is -0.191. The molecular weight excluding hydrogens is 568 g/mol. The molecule has 3 aliphatic rings. The first-order valence-corrected chi connectivity index (χ1v) is 16.1. The van der Waals surface area contributed by atoms with Gasteiger partial charge in [-0.15, -0.1) is 0 Å². The lowest BCUT2D eigenvalue weighted by Crippen LogP contribution is -2.43. The molecule has 2 fully saturated rings. The number of carbonyl (C=O) groups is 2. The molecule has 0 spiro atoms. The number of imidazole rings is 1. The van der Waals surface area contributed by atoms with Gasteiger partial charge in [-0.25, -0.2) is 9.97 Å². The second-order valence-electron chi connectivity index (χ2n) is 13.0. The lowest BCUT2D eigenvalue weighted by atomic mass is 9.80. The van der Waals surface area contributed by atoms with Crippen molar-refractivity contribution in [3.63, 3.8) is 0 Å². The van der Waals surface area contributed by atoms with E-state index >= 15 is 0 Å². The second-order valence-corrected chi connectivity index (χ2v) is 13.0. The van der Waals surface area contributed by atoms with Crippen LogP contribution >= 0.6 is 0 Å². The number of methoxy groups -OCH3 is 2. The number of ketones is 1. The number of aromatic nitrogens is 4. The lowest BCUT2D eigenvalue weighted by molar-refractivity contribution is -0.123. The van der Waals surface area contributed by atoms with Gasteiger partial charge < -0.3 is 29.7 Å². The highest BCUT2D eigenvalue weighted by Gasteiger charge is 2.42. The van der Waals surface area contributed by atoms with Crippen molar-refractivity contribution >= 4 is 33.8 Å². The summed E-state index contributed by atoms with van der Waals surface area (Å²) in [7, 11) is 5.29. The molecule has 1 aromatic carbocycles. The average molecular weight is 611 g/mol. The highest BCUT2D eigenvalue weighted by atomic mass is 16.5. The number of benzene rings is 1. The summed E-state index contributed by atoms with van der Waals surface area (Å²) in [6.07, 6.45) is 9.23. The van der Waals surface area contributed by atoms with Crippen LogP contribution < -0.4 is 15.8 Å². The number of fused-ring (bicyclic) bond motifs is 3. The van der Waals surface area contributed by atoms with Gasteiger partial charge in [0, 0.05) is 49.5 Å². The van der Waals surface area contributed by atoms with Gasteiger partial charge in [0.15, 0.2) is 11.6 Å². The quantitative estimate of drug-likeness (QED) is 0.238. The van der Waals surface area contributed by atoms with Gasteiger partial charge in [0.2, 0.25) is 5.91 Å². The van der Waals surface area contributed by atoms with E-state index in [9.17, 15) is 9.59 Å². The zero-order valence-electron chi connectivity index (χ0n) is 26.5. The van der Waals surface area contributed by atoms with Crippen LogP contribution in [0.4, 0.5) is 0 Å². The molecule has 1 unspecified atom stereocenters. The third-order valence-corrected chi connectivity index (χ3v) is 10.1. The van der Waals surface area contributed by atoms with E-state index in [2.05, 4.69) is 34.2 Å². The van der Waals surface area contributed by atoms with Crippen molar-refractivity contribution < 1.29 is 19.1 Å². The molecule has 3 N–H and O–H groups in total. The van der Waals surface area contributed by atoms with Gasteiger partial charge >= 0.3 is 0 Å². The Kier molecular flexibility index (Phi) is 7.73. The van der Waals surface area contributed by atoms with Crippen molar-refractivity contribution in [2.75, 3.05) is 14.2 Å². The van der Waals surface area contributed by atoms with Gasteiger partial charge in [-0.3, -0.25) is 9.59 Å². The Morgan fingerprint density at radius 2 is 1.93 bits per heavy atom. The zero-order chi connectivity index (χ0) is 31.4. The van der Waals surface area contributed by atoms with Crippen LogP contribution in [0.3, 0.4) is 0 Å². The molecule has 10 heteroatoms. The predicted molar refractivity (Wildman–Crippen MR) is 173 cm³/mol. The van der Waals surface area contributed by atoms with Crippen LogP contribution in [0.15, 0.2) is 42.5 Å². The third kappa shape index (κ3) is 5.33. The summed E-state index contributed by atoms with van der Waals surface area (Å²) in [4.78, 5) is 36.7. The Morgan fingerprint density at radius 1 is 1.09 bits per heavy atom. The number of hydrogen-bond donors (Lipinski definition) is 2. The molecule has 10 nitrogen and oxygen atoms in total. The number of ether oxygens (including phenoxy) is 2. The molecule has 45 heavy (non-hydrogen) atoms. The molecule has 2 saturated carbocycles. The number of hydrogen-bond acceptors (Lipinski definition) is 7. The van der Waals surface area contributed by atoms with Crippen molar-refractivity contribution in [3.05, 3.63) is 53.7 Å². The van der Waals surface area contributed by atoms with E-state index < -0.39 is 0 Å². The maximum absolute atomic E-state index is 13.7. The number of Topliss-reactive ketones (excluding diaryl/α,β-unsaturated/α-hetero) is 1. The Bertz CT molecular complexity index is 1820. The second kappa shape index (κ2) is 11.7. The van der Waals surface area contributed by atoms with Crippen LogP contribution in [0, 0.1) is 17.8 Å². The van der Waals surface area contributed by atoms with Gasteiger partial charge in [-0.1, -0.05) is 12.2 Å². The zero-order valence-corrected chi connectivity index (χ0v) is 26.5. The number of amides is 1. The number of carbonyl (C=O) groups excluding carboxylic acids is 2. The Morgan fingerprint density at radius 3 is 2.71 bits per heavy atom. The summed E-state index contributed by atoms with van der Waals surface area (Å²) in [5.74, 6) is 1.93. The smallest absolute Gasteiger partial charge is 0.223 e. The largest absolute Gasteiger partial charge is 0.494 e. The standard InChI is InChI=1S/C35H42N6O4/c1-19-26-11-9-22-17-28(41(33(22)38-26)13-7-5-6-8-20-14-24(20)35(43)37-19)34-39-27-16-23(18-30(45-4)31(27)40(34)2)32(42)21-10-12-29(44-3)25(36)15-21/h5-6,9,11,16-21,24-25,29H,7-8,10,12-15,36H2,1-4H3,(H,37,43)/b6-5-/t19-,20+,21?,24-,25+,29-/m1/s1. The molecule has 4 aromatic rings. The molecule has 2 bridgehead atoms. The third-order valence-electron chi connectivity index (χ3n) is 10.1. The first kappa shape index (κ1) is 29.7. The fourth-order valence-electron chi connectivity index (χ4n) is 7.39. The van der Waals surface area contributed by atoms with E-state index in [0.29, 0.717) is 29.2 Å². The summed E-state index contributed by atoms with van der Waals surface area (Å²) >= 11 is 0. The average Bonchev–Trinajstić information content (AvgIpc) is 3.63. The number of nitrogens with zero attached hydrogens (tertiary/aromatic N) is 4. The van der Waals surface area contributed by atoms with E-state index in [1.807, 2.05) is 36.7 Å². The molecule has 0 radical (unpaired) electrons. The van der Waals surface area contributed by atoms with Crippen LogP contribution in [-0.2, 0) is 23.1 Å². The van der Waals surface area contributed by atoms with E-state index in [1.165, 1.54) is 0 Å². The van der Waals surface area contributed by atoms with Gasteiger partial charge in [-0.05, 0) is 81.7 Å². The topological polar surface area (TPSA) is 126 Å². The van der Waals surface area contributed by atoms with Gasteiger partial charge in [0.1, 0.15) is 16.9 Å². The fourth-order valence-corrected chi connectivity index (χ4v) is 7.39. The first-order valence-electron chi connectivity index (χ1n) is 16.1. The lowest BCUT2D eigenvalue weighted by Gasteiger charge is -2.32. The summed E-state index contributed by atoms with van der Waals surface area (Å²) in [5, 5.41) is 4.19. The van der Waals surface area contributed by atoms with E-state index in [1.54, 1.807) is 14.2 Å². The number of nitrogens with one attached hydrogen (secondary N) is 1. The van der Waals surface area contributed by atoms with Gasteiger partial charge in [0.05, 0.1) is 36.2 Å². The van der Waals surface area contributed by atoms with Crippen LogP contribution in [0.5, 0.6) is 5.75 Å². The van der Waals surface area contributed by atoms with Crippen molar-refractivity contribution in [2.45, 2.75) is 70.2 Å². The van der Waals surface area contributed by atoms with E-state index in [4.69, 9.17) is 25.2 Å². The van der Waals surface area contributed by atoms with Crippen LogP contribution in [-0.4, -0.2) is 57.2 Å². The van der Waals surface area contributed by atoms with Crippen molar-refractivity contribution in [1.29, 1.82) is 0 Å². The Balaban J connectivity index is 1.29. The van der Waals surface area contributed by atoms with Gasteiger partial charge in [-0.2, -0.15) is 0 Å². The van der Waals surface area contributed by atoms with Crippen LogP contribution in [0.1, 0.15) is 67.5 Å². The van der Waals surface area contributed by atoms with Gasteiger partial charge in [0.25, 0.3) is 0 Å². The highest BCUT2D eigenvalue weighted by molar-refractivity contribution is 6.02. The molecule has 1 aliphatic heterocycles. The number of rotatable bonds is 5. The van der Waals surface area contributed by atoms with Crippen molar-refractivity contribution in [1.82, 2.24) is 24.4 Å². The van der Waals surface area contributed by atoms with Crippen LogP contribution in [0.25, 0.3) is 33.6 Å². The molecule has 1 amide bonds. The number of nitrogens with two attached hydrogens (primary N) is 1. The first-order chi connectivity index (χ1) is 21.8. The fraction of sp³-hybridized carbons (Fsp3) is 0.486. The molecule has 236 valence electrons. The number of aryl methyl sites for hydroxylation is 2. The van der Waals surface area contributed by atoms with E-state index in [0.717, 1.165) is 72.4 Å². The molecule has 6 atom stereocenters. The maximum Gasteiger partial charge on any atom is 0.223 e. The Hall–Kier alpha value is -4.02. The monoisotopic (exact) mass is 610 g/mol. The predicted octanol–water partition coefficient (Wildman–Crippen LogP) is 5.09. The SMILES string of the molecule is COc1cc(C(=O)C2CC[C@@H](OC)[C@@H](N)C2)cc2nc(-c3cc4ccc5nc4n3CC/C=C\C[C@H]3C[C@H]3C(=O)N[C@@H]5C)n(C)c12. The molecule has 4 heterocycles. The summed E-state index contributed by atoms with van der Waals surface area (Å²) in [6.45, 7) is 2.73.